The lowest BCUT2D eigenvalue weighted by molar-refractivity contribution is 1.39. The molecule has 3 rings (SSSR count). The van der Waals surface area contributed by atoms with Crippen molar-refractivity contribution in [2.45, 2.75) is 4.58 Å². The summed E-state index contributed by atoms with van der Waals surface area (Å²) in [5.41, 5.74) is 2.73. The lowest BCUT2D eigenvalue weighted by Crippen LogP contribution is -1.80. The van der Waals surface area contributed by atoms with Crippen LogP contribution in [0.25, 0.3) is 10.9 Å². The topological polar surface area (TPSA) is 15.8 Å². The standard InChI is InChI=1S/C11H11NS2/c1-2-4-10-8(3-1)9(7-12-10)11-13-5-6-14-11/h1-4,7,11-12H,5-6H2. The fourth-order valence-electron chi connectivity index (χ4n) is 1.83. The second-order valence-electron chi connectivity index (χ2n) is 3.36. The van der Waals surface area contributed by atoms with E-state index >= 15 is 0 Å². The van der Waals surface area contributed by atoms with Crippen LogP contribution in [0.15, 0.2) is 30.5 Å². The van der Waals surface area contributed by atoms with Gasteiger partial charge in [-0.05, 0) is 6.07 Å². The molecule has 14 heavy (non-hydrogen) atoms. The number of aromatic nitrogens is 1. The Balaban J connectivity index is 2.11. The summed E-state index contributed by atoms with van der Waals surface area (Å²) >= 11 is 4.12. The first-order valence-corrected chi connectivity index (χ1v) is 6.84. The lowest BCUT2D eigenvalue weighted by Gasteiger charge is -2.05. The molecule has 0 unspecified atom stereocenters. The Morgan fingerprint density at radius 1 is 1.14 bits per heavy atom. The van der Waals surface area contributed by atoms with Crippen LogP contribution >= 0.6 is 23.5 Å². The maximum absolute atomic E-state index is 3.34. The number of nitrogens with one attached hydrogen (secondary N) is 1. The van der Waals surface area contributed by atoms with Crippen molar-refractivity contribution in [3.8, 4) is 0 Å². The summed E-state index contributed by atoms with van der Waals surface area (Å²) in [6.45, 7) is 0. The van der Waals surface area contributed by atoms with Gasteiger partial charge in [-0.25, -0.2) is 0 Å². The van der Waals surface area contributed by atoms with E-state index in [2.05, 4.69) is 59.0 Å². The van der Waals surface area contributed by atoms with Crippen LogP contribution in [0.4, 0.5) is 0 Å². The van der Waals surface area contributed by atoms with Crippen molar-refractivity contribution in [2.24, 2.45) is 0 Å². The summed E-state index contributed by atoms with van der Waals surface area (Å²) < 4.78 is 0.645. The van der Waals surface area contributed by atoms with Gasteiger partial charge in [0.25, 0.3) is 0 Å². The highest BCUT2D eigenvalue weighted by molar-refractivity contribution is 8.19. The maximum atomic E-state index is 3.34. The van der Waals surface area contributed by atoms with E-state index in [4.69, 9.17) is 0 Å². The molecule has 1 aromatic heterocycles. The molecule has 1 N–H and O–H groups in total. The minimum atomic E-state index is 0.645. The Morgan fingerprint density at radius 3 is 2.79 bits per heavy atom. The first kappa shape index (κ1) is 8.74. The number of aromatic amines is 1. The van der Waals surface area contributed by atoms with Crippen molar-refractivity contribution in [1.82, 2.24) is 4.98 Å². The quantitative estimate of drug-likeness (QED) is 0.791. The number of fused-ring (bicyclic) bond motifs is 1. The molecular formula is C11H11NS2. The van der Waals surface area contributed by atoms with Crippen LogP contribution in [0.5, 0.6) is 0 Å². The molecule has 2 heterocycles. The highest BCUT2D eigenvalue weighted by Gasteiger charge is 2.20. The minimum Gasteiger partial charge on any atom is -0.361 e. The van der Waals surface area contributed by atoms with Gasteiger partial charge in [0.2, 0.25) is 0 Å². The SMILES string of the molecule is c1ccc2c(C3SCCS3)c[nH]c2c1. The smallest absolute Gasteiger partial charge is 0.0772 e. The van der Waals surface area contributed by atoms with E-state index in [-0.39, 0.29) is 0 Å². The lowest BCUT2D eigenvalue weighted by atomic mass is 10.2. The molecule has 72 valence electrons. The molecule has 0 saturated carbocycles. The Labute approximate surface area is 91.7 Å². The zero-order chi connectivity index (χ0) is 9.38. The molecule has 1 nitrogen and oxygen atoms in total. The van der Waals surface area contributed by atoms with E-state index in [0.717, 1.165) is 0 Å². The van der Waals surface area contributed by atoms with Gasteiger partial charge in [0.05, 0.1) is 4.58 Å². The first-order valence-electron chi connectivity index (χ1n) is 4.74. The van der Waals surface area contributed by atoms with Crippen molar-refractivity contribution in [3.05, 3.63) is 36.0 Å². The van der Waals surface area contributed by atoms with E-state index in [1.54, 1.807) is 0 Å². The highest BCUT2D eigenvalue weighted by atomic mass is 32.2. The molecule has 0 atom stereocenters. The average molecular weight is 221 g/mol. The van der Waals surface area contributed by atoms with Crippen molar-refractivity contribution in [2.75, 3.05) is 11.5 Å². The van der Waals surface area contributed by atoms with Crippen molar-refractivity contribution < 1.29 is 0 Å². The van der Waals surface area contributed by atoms with Crippen LogP contribution < -0.4 is 0 Å². The zero-order valence-corrected chi connectivity index (χ0v) is 9.33. The van der Waals surface area contributed by atoms with Gasteiger partial charge in [-0.15, -0.1) is 23.5 Å². The number of hydrogen-bond acceptors (Lipinski definition) is 2. The summed E-state index contributed by atoms with van der Waals surface area (Å²) in [4.78, 5) is 3.34. The number of rotatable bonds is 1. The predicted molar refractivity (Wildman–Crippen MR) is 66.0 cm³/mol. The summed E-state index contributed by atoms with van der Waals surface area (Å²) in [5, 5.41) is 1.39. The number of para-hydroxylation sites is 1. The fourth-order valence-corrected chi connectivity index (χ4v) is 4.74. The summed E-state index contributed by atoms with van der Waals surface area (Å²) in [7, 11) is 0. The van der Waals surface area contributed by atoms with Gasteiger partial charge < -0.3 is 4.98 Å². The molecule has 3 heteroatoms. The monoisotopic (exact) mass is 221 g/mol. The number of benzene rings is 1. The number of H-pyrrole nitrogens is 1. The molecule has 0 radical (unpaired) electrons. The van der Waals surface area contributed by atoms with Crippen LogP contribution in [0.1, 0.15) is 10.1 Å². The second-order valence-corrected chi connectivity index (χ2v) is 6.09. The molecule has 0 amide bonds. The van der Waals surface area contributed by atoms with Crippen LogP contribution in [0, 0.1) is 0 Å². The Hall–Kier alpha value is -0.540. The van der Waals surface area contributed by atoms with Gasteiger partial charge >= 0.3 is 0 Å². The molecule has 2 aromatic rings. The van der Waals surface area contributed by atoms with E-state index in [9.17, 15) is 0 Å². The first-order chi connectivity index (χ1) is 6.95. The molecule has 1 aliphatic heterocycles. The molecule has 0 bridgehead atoms. The van der Waals surface area contributed by atoms with Crippen molar-refractivity contribution in [1.29, 1.82) is 0 Å². The third-order valence-corrected chi connectivity index (χ3v) is 5.56. The Kier molecular flexibility index (Phi) is 2.22. The van der Waals surface area contributed by atoms with E-state index < -0.39 is 0 Å². The van der Waals surface area contributed by atoms with Crippen molar-refractivity contribution >= 4 is 34.4 Å². The second kappa shape index (κ2) is 3.55. The van der Waals surface area contributed by atoms with Gasteiger partial charge in [0, 0.05) is 34.2 Å². The molecule has 1 aliphatic rings. The molecule has 0 spiro atoms. The van der Waals surface area contributed by atoms with E-state index in [0.29, 0.717) is 4.58 Å². The third-order valence-electron chi connectivity index (χ3n) is 2.50. The van der Waals surface area contributed by atoms with Gasteiger partial charge in [-0.1, -0.05) is 18.2 Å². The molecular weight excluding hydrogens is 210 g/mol. The van der Waals surface area contributed by atoms with Crippen LogP contribution in [0.2, 0.25) is 0 Å². The summed E-state index contributed by atoms with van der Waals surface area (Å²) in [5.74, 6) is 2.57. The highest BCUT2D eigenvalue weighted by Crippen LogP contribution is 2.47. The molecule has 0 aliphatic carbocycles. The average Bonchev–Trinajstić information content (AvgIpc) is 2.85. The third kappa shape index (κ3) is 1.35. The number of thioether (sulfide) groups is 2. The largest absolute Gasteiger partial charge is 0.361 e. The minimum absolute atomic E-state index is 0.645. The summed E-state index contributed by atoms with van der Waals surface area (Å²) in [6, 6.07) is 8.55. The molecule has 1 aromatic carbocycles. The van der Waals surface area contributed by atoms with Crippen LogP contribution in [0.3, 0.4) is 0 Å². The molecule has 1 fully saturated rings. The molecule has 1 saturated heterocycles. The van der Waals surface area contributed by atoms with Crippen LogP contribution in [-0.4, -0.2) is 16.5 Å². The fraction of sp³-hybridized carbons (Fsp3) is 0.273. The predicted octanol–water partition coefficient (Wildman–Crippen LogP) is 3.65. The van der Waals surface area contributed by atoms with Crippen LogP contribution in [-0.2, 0) is 0 Å². The zero-order valence-electron chi connectivity index (χ0n) is 7.69. The van der Waals surface area contributed by atoms with Gasteiger partial charge in [0.15, 0.2) is 0 Å². The Morgan fingerprint density at radius 2 is 1.93 bits per heavy atom. The van der Waals surface area contributed by atoms with E-state index in [1.165, 1.54) is 28.0 Å². The van der Waals surface area contributed by atoms with Gasteiger partial charge in [-0.3, -0.25) is 0 Å². The summed E-state index contributed by atoms with van der Waals surface area (Å²) in [6.07, 6.45) is 2.17. The van der Waals surface area contributed by atoms with Crippen molar-refractivity contribution in [3.63, 3.8) is 0 Å². The van der Waals surface area contributed by atoms with E-state index in [1.807, 2.05) is 0 Å². The number of hydrogen-bond donors (Lipinski definition) is 1. The maximum Gasteiger partial charge on any atom is 0.0772 e. The van der Waals surface area contributed by atoms with Gasteiger partial charge in [-0.2, -0.15) is 0 Å². The normalized spacial score (nSPS) is 18.0. The Bertz CT molecular complexity index is 443. The van der Waals surface area contributed by atoms with Gasteiger partial charge in [0.1, 0.15) is 0 Å².